The van der Waals surface area contributed by atoms with E-state index in [1.165, 1.54) is 12.1 Å². The summed E-state index contributed by atoms with van der Waals surface area (Å²) in [7, 11) is -2.40. The van der Waals surface area contributed by atoms with Crippen molar-refractivity contribution in [3.63, 3.8) is 0 Å². The lowest BCUT2D eigenvalue weighted by molar-refractivity contribution is 0.303. The van der Waals surface area contributed by atoms with Gasteiger partial charge in [0.15, 0.2) is 11.5 Å². The van der Waals surface area contributed by atoms with E-state index >= 15 is 0 Å². The third-order valence-corrected chi connectivity index (χ3v) is 6.62. The van der Waals surface area contributed by atoms with Gasteiger partial charge in [-0.1, -0.05) is 11.2 Å². The van der Waals surface area contributed by atoms with Gasteiger partial charge in [-0.25, -0.2) is 13.2 Å². The van der Waals surface area contributed by atoms with Crippen LogP contribution in [0.1, 0.15) is 22.9 Å². The van der Waals surface area contributed by atoms with Crippen molar-refractivity contribution < 1.29 is 18.4 Å². The molecule has 4 N–H and O–H groups in total. The number of halogens is 1. The zero-order chi connectivity index (χ0) is 18.3. The van der Waals surface area contributed by atoms with Crippen LogP contribution in [-0.4, -0.2) is 43.6 Å². The molecule has 1 aromatic heterocycles. The first-order chi connectivity index (χ1) is 12.4. The number of hydrogen-bond donors (Lipinski definition) is 4. The number of fused-ring (bicyclic) bond motifs is 1. The van der Waals surface area contributed by atoms with E-state index in [1.807, 2.05) is 0 Å². The molecule has 1 saturated heterocycles. The van der Waals surface area contributed by atoms with Gasteiger partial charge in [0.25, 0.3) is 0 Å². The Balaban J connectivity index is 1.43. The van der Waals surface area contributed by atoms with Gasteiger partial charge in [0.05, 0.1) is 6.04 Å². The Morgan fingerprint density at radius 3 is 3.00 bits per heavy atom. The largest absolute Gasteiger partial charge is 0.409 e. The van der Waals surface area contributed by atoms with E-state index in [-0.39, 0.29) is 35.1 Å². The molecule has 1 atom stereocenters. The predicted octanol–water partition coefficient (Wildman–Crippen LogP) is 1.32. The Morgan fingerprint density at radius 2 is 2.27 bits per heavy atom. The molecule has 11 heteroatoms. The van der Waals surface area contributed by atoms with E-state index in [1.54, 1.807) is 6.07 Å². The second kappa shape index (κ2) is 6.24. The van der Waals surface area contributed by atoms with Gasteiger partial charge in [0.1, 0.15) is 5.82 Å². The maximum atomic E-state index is 13.4. The van der Waals surface area contributed by atoms with E-state index in [2.05, 4.69) is 26.1 Å². The fourth-order valence-electron chi connectivity index (χ4n) is 3.24. The molecule has 1 aliphatic carbocycles. The summed E-state index contributed by atoms with van der Waals surface area (Å²) < 4.78 is 37.0. The van der Waals surface area contributed by atoms with E-state index in [0.29, 0.717) is 24.5 Å². The maximum absolute atomic E-state index is 13.4. The highest BCUT2D eigenvalue weighted by Crippen LogP contribution is 2.33. The molecular weight excluding hydrogens is 363 g/mol. The average Bonchev–Trinajstić information content (AvgIpc) is 3.02. The van der Waals surface area contributed by atoms with Crippen molar-refractivity contribution >= 4 is 21.4 Å². The third kappa shape index (κ3) is 3.09. The van der Waals surface area contributed by atoms with Gasteiger partial charge in [0, 0.05) is 33.7 Å². The molecule has 0 spiro atoms. The first kappa shape index (κ1) is 16.8. The summed E-state index contributed by atoms with van der Waals surface area (Å²) in [6.45, 7) is 0.466. The van der Waals surface area contributed by atoms with Gasteiger partial charge in [-0.05, 0) is 40.0 Å². The van der Waals surface area contributed by atoms with Crippen LogP contribution in [0.4, 0.5) is 10.2 Å². The Hall–Kier alpha value is -2.69. The van der Waals surface area contributed by atoms with Gasteiger partial charge in [-0.15, -0.1) is 0 Å². The number of rotatable bonds is 5. The smallest absolute Gasteiger partial charge is 0.202 e. The Bertz CT molecular complexity index is 962. The topological polar surface area (TPSA) is 136 Å². The lowest BCUT2D eigenvalue weighted by Gasteiger charge is -2.31. The number of anilines is 1. The van der Waals surface area contributed by atoms with E-state index in [9.17, 15) is 13.8 Å². The minimum Gasteiger partial charge on any atom is -0.409 e. The summed E-state index contributed by atoms with van der Waals surface area (Å²) in [5.74, 6) is 0.844. The highest BCUT2D eigenvalue weighted by Gasteiger charge is 2.32. The lowest BCUT2D eigenvalue weighted by Crippen LogP contribution is -2.40. The van der Waals surface area contributed by atoms with E-state index in [4.69, 9.17) is 9.41 Å². The standard InChI is InChI=1S/C15H17FN6O3S/c16-10-2-1-9-3-12(11(9)4-10)19-15(20-23)13-14(22-25-21-13)18-5-8-6-26(17,24)7-8/h1-2,4,8,12,17,23H,3,5-7H2,(H,18,22)(H,19,20). The maximum Gasteiger partial charge on any atom is 0.202 e. The van der Waals surface area contributed by atoms with Crippen LogP contribution >= 0.6 is 0 Å². The number of benzene rings is 1. The summed E-state index contributed by atoms with van der Waals surface area (Å²) in [6.07, 6.45) is 0.669. The number of oxime groups is 1. The zero-order valence-electron chi connectivity index (χ0n) is 13.6. The predicted molar refractivity (Wildman–Crippen MR) is 91.2 cm³/mol. The third-order valence-electron chi connectivity index (χ3n) is 4.60. The number of hydrogen-bond acceptors (Lipinski definition) is 8. The minimum absolute atomic E-state index is 0.0616. The van der Waals surface area contributed by atoms with Crippen molar-refractivity contribution in [3.05, 3.63) is 40.8 Å². The van der Waals surface area contributed by atoms with Crippen molar-refractivity contribution in [2.75, 3.05) is 23.4 Å². The number of nitrogens with zero attached hydrogens (tertiary/aromatic N) is 3. The molecule has 2 aromatic rings. The molecule has 2 aliphatic rings. The first-order valence-corrected chi connectivity index (χ1v) is 9.92. The fourth-order valence-corrected chi connectivity index (χ4v) is 4.91. The van der Waals surface area contributed by atoms with Gasteiger partial charge in [-0.3, -0.25) is 4.78 Å². The lowest BCUT2D eigenvalue weighted by atomic mass is 9.83. The van der Waals surface area contributed by atoms with Crippen LogP contribution in [0.3, 0.4) is 0 Å². The zero-order valence-corrected chi connectivity index (χ0v) is 14.4. The molecule has 1 unspecified atom stereocenters. The molecule has 1 aromatic carbocycles. The second-order valence-corrected chi connectivity index (χ2v) is 8.84. The Labute approximate surface area is 148 Å². The molecule has 0 bridgehead atoms. The monoisotopic (exact) mass is 380 g/mol. The molecule has 138 valence electrons. The fraction of sp³-hybridized carbons (Fsp3) is 0.400. The summed E-state index contributed by atoms with van der Waals surface area (Å²) in [5.41, 5.74) is 2.03. The molecule has 4 rings (SSSR count). The molecule has 0 radical (unpaired) electrons. The van der Waals surface area contributed by atoms with Crippen molar-refractivity contribution in [2.24, 2.45) is 11.1 Å². The van der Waals surface area contributed by atoms with Crippen LogP contribution in [0, 0.1) is 16.5 Å². The highest BCUT2D eigenvalue weighted by atomic mass is 32.2. The number of nitrogens with one attached hydrogen (secondary N) is 3. The van der Waals surface area contributed by atoms with Gasteiger partial charge >= 0.3 is 0 Å². The van der Waals surface area contributed by atoms with Crippen molar-refractivity contribution in [1.29, 1.82) is 4.78 Å². The molecule has 26 heavy (non-hydrogen) atoms. The summed E-state index contributed by atoms with van der Waals surface area (Å²) in [5, 5.41) is 26.1. The number of amidine groups is 1. The SMILES string of the molecule is N=S1(=O)CC(CNc2nonc2/C(=N/O)NC2Cc3ccc(F)cc32)C1. The molecule has 1 aliphatic heterocycles. The highest BCUT2D eigenvalue weighted by molar-refractivity contribution is 7.93. The van der Waals surface area contributed by atoms with Crippen molar-refractivity contribution in [3.8, 4) is 0 Å². The molecule has 9 nitrogen and oxygen atoms in total. The summed E-state index contributed by atoms with van der Waals surface area (Å²) in [6, 6.07) is 4.39. The Kier molecular flexibility index (Phi) is 4.02. The van der Waals surface area contributed by atoms with Crippen molar-refractivity contribution in [1.82, 2.24) is 15.6 Å². The molecule has 0 amide bonds. The van der Waals surface area contributed by atoms with Crippen LogP contribution in [0.2, 0.25) is 0 Å². The molecule has 1 fully saturated rings. The Morgan fingerprint density at radius 1 is 1.46 bits per heavy atom. The molecule has 2 heterocycles. The second-order valence-electron chi connectivity index (χ2n) is 6.55. The van der Waals surface area contributed by atoms with Gasteiger partial charge in [0.2, 0.25) is 5.82 Å². The van der Waals surface area contributed by atoms with Crippen molar-refractivity contribution in [2.45, 2.75) is 12.5 Å². The van der Waals surface area contributed by atoms with Crippen LogP contribution in [0.15, 0.2) is 28.0 Å². The van der Waals surface area contributed by atoms with Gasteiger partial charge < -0.3 is 15.8 Å². The quantitative estimate of drug-likeness (QED) is 0.266. The normalized spacial score (nSPS) is 27.2. The minimum atomic E-state index is -2.40. The average molecular weight is 380 g/mol. The van der Waals surface area contributed by atoms with Crippen LogP contribution in [0.5, 0.6) is 0 Å². The van der Waals surface area contributed by atoms with Gasteiger partial charge in [-0.2, -0.15) is 0 Å². The van der Waals surface area contributed by atoms with Crippen LogP contribution in [0.25, 0.3) is 0 Å². The van der Waals surface area contributed by atoms with E-state index in [0.717, 1.165) is 11.1 Å². The number of aromatic nitrogens is 2. The molecular formula is C15H17FN6O3S. The molecule has 0 saturated carbocycles. The van der Waals surface area contributed by atoms with Crippen LogP contribution < -0.4 is 10.6 Å². The van der Waals surface area contributed by atoms with Crippen LogP contribution in [-0.2, 0) is 16.1 Å². The summed E-state index contributed by atoms with van der Waals surface area (Å²) in [4.78, 5) is 0. The van der Waals surface area contributed by atoms with E-state index < -0.39 is 9.73 Å². The summed E-state index contributed by atoms with van der Waals surface area (Å²) >= 11 is 0. The first-order valence-electron chi connectivity index (χ1n) is 8.03.